The third-order valence-electron chi connectivity index (χ3n) is 3.14. The number of aliphatic carboxylic acids is 1. The lowest BCUT2D eigenvalue weighted by molar-refractivity contribution is -0.138. The van der Waals surface area contributed by atoms with Gasteiger partial charge in [0.1, 0.15) is 30.0 Å². The van der Waals surface area contributed by atoms with E-state index in [4.69, 9.17) is 20.3 Å². The Kier molecular flexibility index (Phi) is 4.95. The minimum Gasteiger partial charge on any atom is -0.496 e. The van der Waals surface area contributed by atoms with Crippen LogP contribution in [0, 0.1) is 5.82 Å². The summed E-state index contributed by atoms with van der Waals surface area (Å²) in [5.74, 6) is -0.408. The zero-order valence-corrected chi connectivity index (χ0v) is 12.0. The van der Waals surface area contributed by atoms with Crippen LogP contribution in [0.2, 0.25) is 0 Å². The Bertz CT molecular complexity index is 658. The predicted molar refractivity (Wildman–Crippen MR) is 78.3 cm³/mol. The topological polar surface area (TPSA) is 81.8 Å². The highest BCUT2D eigenvalue weighted by Crippen LogP contribution is 2.24. The van der Waals surface area contributed by atoms with Gasteiger partial charge in [-0.25, -0.2) is 4.39 Å². The van der Waals surface area contributed by atoms with Gasteiger partial charge in [-0.3, -0.25) is 4.79 Å². The number of carboxylic acids is 1. The molecule has 0 aliphatic rings. The molecule has 0 aliphatic heterocycles. The van der Waals surface area contributed by atoms with E-state index < -0.39 is 12.0 Å². The maximum atomic E-state index is 12.8. The summed E-state index contributed by atoms with van der Waals surface area (Å²) in [5, 5.41) is 8.96. The monoisotopic (exact) mass is 305 g/mol. The van der Waals surface area contributed by atoms with Gasteiger partial charge in [0.15, 0.2) is 0 Å². The van der Waals surface area contributed by atoms with E-state index in [0.29, 0.717) is 22.6 Å². The van der Waals surface area contributed by atoms with Gasteiger partial charge in [0.25, 0.3) is 0 Å². The van der Waals surface area contributed by atoms with Gasteiger partial charge in [-0.15, -0.1) is 0 Å². The largest absolute Gasteiger partial charge is 0.496 e. The fourth-order valence-electron chi connectivity index (χ4n) is 1.94. The summed E-state index contributed by atoms with van der Waals surface area (Å²) < 4.78 is 23.6. The smallest absolute Gasteiger partial charge is 0.325 e. The van der Waals surface area contributed by atoms with Crippen molar-refractivity contribution in [3.63, 3.8) is 0 Å². The molecule has 0 saturated carbocycles. The van der Waals surface area contributed by atoms with Gasteiger partial charge in [-0.1, -0.05) is 6.07 Å². The lowest BCUT2D eigenvalue weighted by Gasteiger charge is -2.14. The van der Waals surface area contributed by atoms with E-state index in [1.54, 1.807) is 18.2 Å². The van der Waals surface area contributed by atoms with Gasteiger partial charge in [-0.05, 0) is 42.0 Å². The van der Waals surface area contributed by atoms with Gasteiger partial charge >= 0.3 is 5.97 Å². The molecule has 6 heteroatoms. The van der Waals surface area contributed by atoms with Gasteiger partial charge in [0.2, 0.25) is 0 Å². The van der Waals surface area contributed by atoms with Crippen LogP contribution in [0.15, 0.2) is 42.5 Å². The van der Waals surface area contributed by atoms with Gasteiger partial charge < -0.3 is 20.3 Å². The highest BCUT2D eigenvalue weighted by atomic mass is 19.1. The molecule has 0 radical (unpaired) electrons. The molecule has 2 aromatic carbocycles. The second-order valence-electron chi connectivity index (χ2n) is 4.63. The van der Waals surface area contributed by atoms with Gasteiger partial charge in [-0.2, -0.15) is 0 Å². The van der Waals surface area contributed by atoms with Crippen molar-refractivity contribution in [2.45, 2.75) is 12.6 Å². The first-order valence-corrected chi connectivity index (χ1v) is 6.55. The number of hydrogen-bond donors (Lipinski definition) is 2. The maximum absolute atomic E-state index is 12.8. The van der Waals surface area contributed by atoms with Crippen molar-refractivity contribution in [3.05, 3.63) is 59.4 Å². The lowest BCUT2D eigenvalue weighted by atomic mass is 10.0. The fourth-order valence-corrected chi connectivity index (χ4v) is 1.94. The highest BCUT2D eigenvalue weighted by Gasteiger charge is 2.16. The summed E-state index contributed by atoms with van der Waals surface area (Å²) in [6.45, 7) is 0.148. The van der Waals surface area contributed by atoms with E-state index in [1.165, 1.54) is 31.4 Å². The molecular weight excluding hydrogens is 289 g/mol. The van der Waals surface area contributed by atoms with Gasteiger partial charge in [0, 0.05) is 5.56 Å². The number of carbonyl (C=O) groups is 1. The summed E-state index contributed by atoms with van der Waals surface area (Å²) >= 11 is 0. The Morgan fingerprint density at radius 1 is 1.27 bits per heavy atom. The molecule has 0 saturated heterocycles. The normalized spacial score (nSPS) is 11.8. The Balaban J connectivity index is 2.18. The molecule has 0 fully saturated rings. The molecule has 1 atom stereocenters. The fraction of sp³-hybridized carbons (Fsp3) is 0.188. The summed E-state index contributed by atoms with van der Waals surface area (Å²) in [6.07, 6.45) is 0. The Hall–Kier alpha value is -2.60. The van der Waals surface area contributed by atoms with E-state index in [9.17, 15) is 9.18 Å². The first-order valence-electron chi connectivity index (χ1n) is 6.55. The highest BCUT2D eigenvalue weighted by molar-refractivity contribution is 5.75. The van der Waals surface area contributed by atoms with Crippen LogP contribution in [0.5, 0.6) is 11.5 Å². The van der Waals surface area contributed by atoms with E-state index in [-0.39, 0.29) is 12.4 Å². The zero-order valence-electron chi connectivity index (χ0n) is 12.0. The van der Waals surface area contributed by atoms with Crippen LogP contribution in [0.3, 0.4) is 0 Å². The minimum atomic E-state index is -1.12. The lowest BCUT2D eigenvalue weighted by Crippen LogP contribution is -2.20. The average molecular weight is 305 g/mol. The second-order valence-corrected chi connectivity index (χ2v) is 4.63. The number of ether oxygens (including phenoxy) is 2. The number of halogens is 1. The summed E-state index contributed by atoms with van der Waals surface area (Å²) in [7, 11) is 1.51. The SMILES string of the molecule is COc1ccc([C@H](N)C(=O)O)cc1COc1ccc(F)cc1. The van der Waals surface area contributed by atoms with Crippen LogP contribution < -0.4 is 15.2 Å². The number of carboxylic acid groups (broad SMARTS) is 1. The van der Waals surface area contributed by atoms with Crippen LogP contribution in [0.1, 0.15) is 17.2 Å². The molecule has 0 aromatic heterocycles. The maximum Gasteiger partial charge on any atom is 0.325 e. The van der Waals surface area contributed by atoms with Crippen molar-refractivity contribution in [2.24, 2.45) is 5.73 Å². The number of rotatable bonds is 6. The number of nitrogens with two attached hydrogens (primary N) is 1. The first kappa shape index (κ1) is 15.8. The molecule has 0 unspecified atom stereocenters. The molecule has 5 nitrogen and oxygen atoms in total. The molecule has 0 bridgehead atoms. The van der Waals surface area contributed by atoms with E-state index in [2.05, 4.69) is 0 Å². The molecule has 0 amide bonds. The van der Waals surface area contributed by atoms with Crippen LogP contribution in [0.4, 0.5) is 4.39 Å². The van der Waals surface area contributed by atoms with Crippen LogP contribution in [0.25, 0.3) is 0 Å². The second kappa shape index (κ2) is 6.91. The number of hydrogen-bond acceptors (Lipinski definition) is 4. The standard InChI is InChI=1S/C16H16FNO4/c1-21-14-7-2-10(15(18)16(19)20)8-11(14)9-22-13-5-3-12(17)4-6-13/h2-8,15H,9,18H2,1H3,(H,19,20)/t15-/m0/s1. The zero-order chi connectivity index (χ0) is 16.1. The predicted octanol–water partition coefficient (Wildman–Crippen LogP) is 2.50. The third kappa shape index (κ3) is 3.73. The molecule has 0 spiro atoms. The molecule has 3 N–H and O–H groups in total. The van der Waals surface area contributed by atoms with Crippen molar-refractivity contribution in [1.29, 1.82) is 0 Å². The molecule has 0 aliphatic carbocycles. The first-order chi connectivity index (χ1) is 10.5. The van der Waals surface area contributed by atoms with E-state index in [1.807, 2.05) is 0 Å². The Morgan fingerprint density at radius 2 is 1.95 bits per heavy atom. The van der Waals surface area contributed by atoms with Crippen molar-refractivity contribution in [3.8, 4) is 11.5 Å². The van der Waals surface area contributed by atoms with Gasteiger partial charge in [0.05, 0.1) is 7.11 Å². The van der Waals surface area contributed by atoms with Crippen molar-refractivity contribution < 1.29 is 23.8 Å². The van der Waals surface area contributed by atoms with Crippen molar-refractivity contribution in [1.82, 2.24) is 0 Å². The minimum absolute atomic E-state index is 0.148. The summed E-state index contributed by atoms with van der Waals surface area (Å²) in [6, 6.07) is 9.35. The van der Waals surface area contributed by atoms with Crippen molar-refractivity contribution >= 4 is 5.97 Å². The molecular formula is C16H16FNO4. The van der Waals surface area contributed by atoms with Crippen molar-refractivity contribution in [2.75, 3.05) is 7.11 Å². The number of methoxy groups -OCH3 is 1. The van der Waals surface area contributed by atoms with E-state index in [0.717, 1.165) is 0 Å². The summed E-state index contributed by atoms with van der Waals surface area (Å²) in [4.78, 5) is 11.0. The van der Waals surface area contributed by atoms with E-state index >= 15 is 0 Å². The quantitative estimate of drug-likeness (QED) is 0.857. The van der Waals surface area contributed by atoms with Crippen LogP contribution in [-0.2, 0) is 11.4 Å². The Morgan fingerprint density at radius 3 is 2.55 bits per heavy atom. The average Bonchev–Trinajstić information content (AvgIpc) is 2.53. The van der Waals surface area contributed by atoms with Crippen LogP contribution in [-0.4, -0.2) is 18.2 Å². The molecule has 0 heterocycles. The number of benzene rings is 2. The molecule has 2 aromatic rings. The summed E-state index contributed by atoms with van der Waals surface area (Å²) in [5.41, 5.74) is 6.70. The molecule has 22 heavy (non-hydrogen) atoms. The Labute approximate surface area is 127 Å². The molecule has 2 rings (SSSR count). The third-order valence-corrected chi connectivity index (χ3v) is 3.14. The van der Waals surface area contributed by atoms with Crippen LogP contribution >= 0.6 is 0 Å². The molecule has 116 valence electrons.